The summed E-state index contributed by atoms with van der Waals surface area (Å²) in [6.07, 6.45) is 1.31. The van der Waals surface area contributed by atoms with E-state index in [0.29, 0.717) is 23.8 Å². The van der Waals surface area contributed by atoms with Crippen LogP contribution in [0.2, 0.25) is 0 Å². The Balaban J connectivity index is 1.40. The molecule has 196 valence electrons. The zero-order chi connectivity index (χ0) is 26.7. The van der Waals surface area contributed by atoms with Crippen LogP contribution in [0.5, 0.6) is 0 Å². The van der Waals surface area contributed by atoms with Crippen molar-refractivity contribution in [3.63, 3.8) is 0 Å². The molecule has 0 unspecified atom stereocenters. The summed E-state index contributed by atoms with van der Waals surface area (Å²) in [6.45, 7) is 7.13. The first kappa shape index (κ1) is 26.3. The van der Waals surface area contributed by atoms with E-state index in [2.05, 4.69) is 20.0 Å². The van der Waals surface area contributed by atoms with E-state index in [0.717, 1.165) is 55.1 Å². The van der Waals surface area contributed by atoms with Crippen molar-refractivity contribution in [1.29, 1.82) is 0 Å². The third-order valence-corrected chi connectivity index (χ3v) is 6.51. The lowest BCUT2D eigenvalue weighted by Crippen LogP contribution is -2.36. The van der Waals surface area contributed by atoms with Crippen molar-refractivity contribution < 1.29 is 27.5 Å². The van der Waals surface area contributed by atoms with Crippen molar-refractivity contribution in [2.24, 2.45) is 5.92 Å². The Morgan fingerprint density at radius 1 is 1.08 bits per heavy atom. The molecule has 11 heteroatoms. The molecule has 1 aliphatic rings. The monoisotopic (exact) mass is 515 g/mol. The molecule has 4 rings (SSSR count). The van der Waals surface area contributed by atoms with E-state index in [1.807, 2.05) is 13.0 Å². The van der Waals surface area contributed by atoms with Gasteiger partial charge in [0.15, 0.2) is 11.6 Å². The van der Waals surface area contributed by atoms with Gasteiger partial charge in [-0.2, -0.15) is 18.3 Å². The molecule has 0 atom stereocenters. The Kier molecular flexibility index (Phi) is 7.60. The van der Waals surface area contributed by atoms with Gasteiger partial charge in [0, 0.05) is 38.8 Å². The molecule has 0 bridgehead atoms. The fourth-order valence-corrected chi connectivity index (χ4v) is 4.47. The molecule has 37 heavy (non-hydrogen) atoms. The number of hydrogen-bond donors (Lipinski definition) is 0. The number of esters is 1. The molecule has 0 spiro atoms. The highest BCUT2D eigenvalue weighted by molar-refractivity contribution is 5.98. The fraction of sp³-hybridized carbons (Fsp3) is 0.423. The van der Waals surface area contributed by atoms with Crippen molar-refractivity contribution >= 4 is 17.6 Å². The number of carbonyl (C=O) groups excluding carboxylic acids is 2. The lowest BCUT2D eigenvalue weighted by Gasteiger charge is -2.33. The van der Waals surface area contributed by atoms with Crippen LogP contribution < -0.4 is 4.90 Å². The number of alkyl halides is 3. The van der Waals surface area contributed by atoms with E-state index in [4.69, 9.17) is 4.74 Å². The summed E-state index contributed by atoms with van der Waals surface area (Å²) < 4.78 is 44.9. The standard InChI is InChI=1S/C26H28F3N5O3/c1-16-10-20(12-31-25(16)33-8-6-19(7-9-33)15-37-18(3)35)11-23(36)22-14-32-34(17(22)2)24-5-4-21(13-30-24)26(27,28)29/h4-5,10,12-14,19H,6-9,11,15H2,1-3H3. The number of Topliss-reactive ketones (excluding diaryl/α,β-unsaturated/α-hetero) is 1. The van der Waals surface area contributed by atoms with Gasteiger partial charge in [0.25, 0.3) is 0 Å². The predicted octanol–water partition coefficient (Wildman–Crippen LogP) is 4.50. The molecule has 3 aromatic heterocycles. The predicted molar refractivity (Wildman–Crippen MR) is 130 cm³/mol. The molecular formula is C26H28F3N5O3. The molecule has 1 fully saturated rings. The molecule has 0 aromatic carbocycles. The average molecular weight is 516 g/mol. The summed E-state index contributed by atoms with van der Waals surface area (Å²) in [4.78, 5) is 34.7. The third kappa shape index (κ3) is 6.15. The minimum atomic E-state index is -4.48. The number of aryl methyl sites for hydroxylation is 1. The van der Waals surface area contributed by atoms with Gasteiger partial charge in [-0.05, 0) is 55.9 Å². The summed E-state index contributed by atoms with van der Waals surface area (Å²) in [5.74, 6) is 0.988. The third-order valence-electron chi connectivity index (χ3n) is 6.51. The van der Waals surface area contributed by atoms with Crippen LogP contribution in [-0.2, 0) is 22.1 Å². The van der Waals surface area contributed by atoms with Crippen molar-refractivity contribution in [2.75, 3.05) is 24.6 Å². The number of anilines is 1. The summed E-state index contributed by atoms with van der Waals surface area (Å²) in [5, 5.41) is 4.16. The van der Waals surface area contributed by atoms with Gasteiger partial charge in [0.05, 0.1) is 29.6 Å². The van der Waals surface area contributed by atoms with Crippen molar-refractivity contribution in [1.82, 2.24) is 19.7 Å². The van der Waals surface area contributed by atoms with Crippen molar-refractivity contribution in [3.05, 3.63) is 64.7 Å². The SMILES string of the molecule is CC(=O)OCC1CCN(c2ncc(CC(=O)c3cnn(-c4ccc(C(F)(F)F)cn4)c3C)cc2C)CC1. The van der Waals surface area contributed by atoms with Gasteiger partial charge in [-0.25, -0.2) is 14.6 Å². The molecule has 4 heterocycles. The summed E-state index contributed by atoms with van der Waals surface area (Å²) in [5.41, 5.74) is 1.74. The number of aromatic nitrogens is 4. The number of carbonyl (C=O) groups is 2. The second-order valence-electron chi connectivity index (χ2n) is 9.28. The Morgan fingerprint density at radius 3 is 2.41 bits per heavy atom. The molecule has 1 saturated heterocycles. The Bertz CT molecular complexity index is 1280. The quantitative estimate of drug-likeness (QED) is 0.338. The maximum atomic E-state index is 13.0. The smallest absolute Gasteiger partial charge is 0.417 e. The van der Waals surface area contributed by atoms with Crippen molar-refractivity contribution in [2.45, 2.75) is 46.2 Å². The van der Waals surface area contributed by atoms with Gasteiger partial charge in [0.1, 0.15) is 5.82 Å². The van der Waals surface area contributed by atoms with Crippen LogP contribution in [0.3, 0.4) is 0 Å². The molecular weight excluding hydrogens is 487 g/mol. The van der Waals surface area contributed by atoms with Crippen molar-refractivity contribution in [3.8, 4) is 5.82 Å². The minimum Gasteiger partial charge on any atom is -0.466 e. The molecule has 1 aliphatic heterocycles. The maximum absolute atomic E-state index is 13.0. The summed E-state index contributed by atoms with van der Waals surface area (Å²) >= 11 is 0. The number of rotatable bonds is 7. The zero-order valence-corrected chi connectivity index (χ0v) is 20.9. The lowest BCUT2D eigenvalue weighted by molar-refractivity contribution is -0.142. The number of hydrogen-bond acceptors (Lipinski definition) is 7. The number of piperidine rings is 1. The van der Waals surface area contributed by atoms with E-state index < -0.39 is 11.7 Å². The van der Waals surface area contributed by atoms with E-state index in [1.54, 1.807) is 13.1 Å². The highest BCUT2D eigenvalue weighted by atomic mass is 19.4. The first-order chi connectivity index (χ1) is 17.5. The molecule has 8 nitrogen and oxygen atoms in total. The second kappa shape index (κ2) is 10.7. The molecule has 0 saturated carbocycles. The van der Waals surface area contributed by atoms with E-state index in [9.17, 15) is 22.8 Å². The molecule has 0 radical (unpaired) electrons. The van der Waals surface area contributed by atoms with E-state index in [-0.39, 0.29) is 24.0 Å². The largest absolute Gasteiger partial charge is 0.466 e. The van der Waals surface area contributed by atoms with Gasteiger partial charge in [0.2, 0.25) is 0 Å². The first-order valence-electron chi connectivity index (χ1n) is 12.0. The van der Waals surface area contributed by atoms with Crippen LogP contribution in [0.15, 0.2) is 36.8 Å². The Morgan fingerprint density at radius 2 is 1.81 bits per heavy atom. The zero-order valence-electron chi connectivity index (χ0n) is 20.9. The van der Waals surface area contributed by atoms with Gasteiger partial charge >= 0.3 is 12.1 Å². The van der Waals surface area contributed by atoms with Gasteiger partial charge in [-0.1, -0.05) is 6.07 Å². The number of ether oxygens (including phenoxy) is 1. The number of pyridine rings is 2. The van der Waals surface area contributed by atoms with Gasteiger partial charge in [-0.15, -0.1) is 0 Å². The van der Waals surface area contributed by atoms with Crippen LogP contribution in [0.4, 0.5) is 19.0 Å². The van der Waals surface area contributed by atoms with Crippen LogP contribution in [0, 0.1) is 19.8 Å². The van der Waals surface area contributed by atoms with Crippen LogP contribution in [0.1, 0.15) is 52.5 Å². The fourth-order valence-electron chi connectivity index (χ4n) is 4.47. The molecule has 0 amide bonds. The Hall–Kier alpha value is -3.76. The Labute approximate surface area is 212 Å². The van der Waals surface area contributed by atoms with Crippen LogP contribution in [-0.4, -0.2) is 51.2 Å². The lowest BCUT2D eigenvalue weighted by atomic mass is 9.97. The summed E-state index contributed by atoms with van der Waals surface area (Å²) in [7, 11) is 0. The average Bonchev–Trinajstić information content (AvgIpc) is 3.24. The number of ketones is 1. The molecule has 0 aliphatic carbocycles. The summed E-state index contributed by atoms with van der Waals surface area (Å²) in [6, 6.07) is 4.11. The van der Waals surface area contributed by atoms with E-state index in [1.165, 1.54) is 23.9 Å². The number of nitrogens with zero attached hydrogens (tertiary/aromatic N) is 5. The van der Waals surface area contributed by atoms with E-state index >= 15 is 0 Å². The van der Waals surface area contributed by atoms with Crippen LogP contribution in [0.25, 0.3) is 5.82 Å². The number of halogens is 3. The highest BCUT2D eigenvalue weighted by Crippen LogP contribution is 2.29. The molecule has 0 N–H and O–H groups in total. The van der Waals surface area contributed by atoms with Crippen LogP contribution >= 0.6 is 0 Å². The first-order valence-corrected chi connectivity index (χ1v) is 12.0. The molecule has 3 aromatic rings. The topological polar surface area (TPSA) is 90.2 Å². The highest BCUT2D eigenvalue weighted by Gasteiger charge is 2.31. The second-order valence-corrected chi connectivity index (χ2v) is 9.28. The normalized spacial score (nSPS) is 14.6. The van der Waals surface area contributed by atoms with Gasteiger partial charge < -0.3 is 9.64 Å². The maximum Gasteiger partial charge on any atom is 0.417 e. The minimum absolute atomic E-state index is 0.117. The van der Waals surface area contributed by atoms with Gasteiger partial charge in [-0.3, -0.25) is 9.59 Å².